The zero-order valence-corrected chi connectivity index (χ0v) is 9.77. The zero-order valence-electron chi connectivity index (χ0n) is 9.77. The third-order valence-corrected chi connectivity index (χ3v) is 3.13. The lowest BCUT2D eigenvalue weighted by Gasteiger charge is -2.07. The molecule has 0 saturated carbocycles. The summed E-state index contributed by atoms with van der Waals surface area (Å²) < 4.78 is 7.02. The van der Waals surface area contributed by atoms with E-state index in [0.29, 0.717) is 12.3 Å². The second-order valence-electron chi connectivity index (χ2n) is 4.22. The van der Waals surface area contributed by atoms with Crippen LogP contribution in [0.2, 0.25) is 0 Å². The lowest BCUT2D eigenvalue weighted by Crippen LogP contribution is -2.19. The van der Waals surface area contributed by atoms with Gasteiger partial charge in [0.05, 0.1) is 12.3 Å². The van der Waals surface area contributed by atoms with Gasteiger partial charge in [0.25, 0.3) is 5.56 Å². The van der Waals surface area contributed by atoms with Crippen molar-refractivity contribution in [2.75, 3.05) is 6.61 Å². The molecule has 0 aromatic carbocycles. The quantitative estimate of drug-likeness (QED) is 0.786. The lowest BCUT2D eigenvalue weighted by molar-refractivity contribution is 0.340. The minimum absolute atomic E-state index is 0.0746. The van der Waals surface area contributed by atoms with Crippen molar-refractivity contribution in [1.82, 2.24) is 9.38 Å². The lowest BCUT2D eigenvalue weighted by atomic mass is 10.2. The maximum atomic E-state index is 12.2. The summed E-state index contributed by atoms with van der Waals surface area (Å²) in [5, 5.41) is 0. The van der Waals surface area contributed by atoms with Gasteiger partial charge in [-0.1, -0.05) is 0 Å². The van der Waals surface area contributed by atoms with Crippen molar-refractivity contribution in [2.24, 2.45) is 0 Å². The van der Waals surface area contributed by atoms with Crippen LogP contribution in [0.3, 0.4) is 0 Å². The van der Waals surface area contributed by atoms with Gasteiger partial charge in [0.1, 0.15) is 11.4 Å². The van der Waals surface area contributed by atoms with Gasteiger partial charge in [0.15, 0.2) is 0 Å². The molecule has 88 valence electrons. The summed E-state index contributed by atoms with van der Waals surface area (Å²) in [6.45, 7) is 2.55. The summed E-state index contributed by atoms with van der Waals surface area (Å²) in [5.74, 6) is 0.761. The molecule has 0 unspecified atom stereocenters. The standard InChI is InChI=1S/C13H14N2O2/c1-2-17-9-6-7-15-12(8-9)14-11-5-3-4-10(11)13(15)16/h6-8H,2-5H2,1H3. The smallest absolute Gasteiger partial charge is 0.261 e. The number of ether oxygens (including phenoxy) is 1. The third kappa shape index (κ3) is 1.60. The number of hydrogen-bond acceptors (Lipinski definition) is 3. The Morgan fingerprint density at radius 2 is 2.35 bits per heavy atom. The number of rotatable bonds is 2. The highest BCUT2D eigenvalue weighted by Gasteiger charge is 2.17. The molecule has 4 heteroatoms. The van der Waals surface area contributed by atoms with Crippen LogP contribution in [0, 0.1) is 0 Å². The van der Waals surface area contributed by atoms with E-state index in [4.69, 9.17) is 4.74 Å². The molecule has 0 aliphatic heterocycles. The van der Waals surface area contributed by atoms with Gasteiger partial charge in [-0.2, -0.15) is 0 Å². The summed E-state index contributed by atoms with van der Waals surface area (Å²) in [5.41, 5.74) is 2.60. The largest absolute Gasteiger partial charge is 0.494 e. The van der Waals surface area contributed by atoms with Gasteiger partial charge in [-0.25, -0.2) is 4.98 Å². The predicted octanol–water partition coefficient (Wildman–Crippen LogP) is 1.58. The average molecular weight is 230 g/mol. The summed E-state index contributed by atoms with van der Waals surface area (Å²) in [4.78, 5) is 16.7. The van der Waals surface area contributed by atoms with Crippen molar-refractivity contribution in [3.05, 3.63) is 39.9 Å². The molecule has 4 nitrogen and oxygen atoms in total. The number of fused-ring (bicyclic) bond motifs is 2. The van der Waals surface area contributed by atoms with Crippen LogP contribution in [0.1, 0.15) is 24.6 Å². The van der Waals surface area contributed by atoms with Crippen LogP contribution >= 0.6 is 0 Å². The summed E-state index contributed by atoms with van der Waals surface area (Å²) in [6.07, 6.45) is 4.55. The van der Waals surface area contributed by atoms with Gasteiger partial charge < -0.3 is 4.74 Å². The fourth-order valence-electron chi connectivity index (χ4n) is 2.35. The summed E-state index contributed by atoms with van der Waals surface area (Å²) in [6, 6.07) is 3.63. The van der Waals surface area contributed by atoms with E-state index in [-0.39, 0.29) is 5.56 Å². The topological polar surface area (TPSA) is 43.6 Å². The molecule has 0 saturated heterocycles. The van der Waals surface area contributed by atoms with Crippen LogP contribution in [0.5, 0.6) is 5.75 Å². The zero-order chi connectivity index (χ0) is 11.8. The predicted molar refractivity (Wildman–Crippen MR) is 64.7 cm³/mol. The first-order valence-corrected chi connectivity index (χ1v) is 5.96. The molecule has 1 aliphatic carbocycles. The van der Waals surface area contributed by atoms with Crippen LogP contribution in [0.4, 0.5) is 0 Å². The Kier molecular flexibility index (Phi) is 2.35. The number of aromatic nitrogens is 2. The number of pyridine rings is 1. The molecule has 0 N–H and O–H groups in total. The van der Waals surface area contributed by atoms with Crippen molar-refractivity contribution in [3.63, 3.8) is 0 Å². The second-order valence-corrected chi connectivity index (χ2v) is 4.22. The second kappa shape index (κ2) is 3.87. The molecular weight excluding hydrogens is 216 g/mol. The molecule has 1 aliphatic rings. The van der Waals surface area contributed by atoms with Crippen molar-refractivity contribution in [2.45, 2.75) is 26.2 Å². The van der Waals surface area contributed by atoms with E-state index in [2.05, 4.69) is 4.98 Å². The number of aryl methyl sites for hydroxylation is 1. The van der Waals surface area contributed by atoms with Crippen molar-refractivity contribution >= 4 is 5.65 Å². The van der Waals surface area contributed by atoms with Crippen LogP contribution in [-0.2, 0) is 12.8 Å². The fraction of sp³-hybridized carbons (Fsp3) is 0.385. The van der Waals surface area contributed by atoms with Gasteiger partial charge in [0.2, 0.25) is 0 Å². The highest BCUT2D eigenvalue weighted by molar-refractivity contribution is 5.46. The molecule has 0 atom stereocenters. The van der Waals surface area contributed by atoms with Crippen molar-refractivity contribution < 1.29 is 4.74 Å². The molecule has 17 heavy (non-hydrogen) atoms. The maximum Gasteiger partial charge on any atom is 0.261 e. The van der Waals surface area contributed by atoms with E-state index in [1.165, 1.54) is 0 Å². The van der Waals surface area contributed by atoms with Crippen LogP contribution < -0.4 is 10.3 Å². The Balaban J connectivity index is 2.25. The van der Waals surface area contributed by atoms with Crippen molar-refractivity contribution in [3.8, 4) is 5.75 Å². The molecule has 0 bridgehead atoms. The molecule has 0 amide bonds. The summed E-state index contributed by atoms with van der Waals surface area (Å²) in [7, 11) is 0. The van der Waals surface area contributed by atoms with E-state index in [0.717, 1.165) is 36.3 Å². The molecule has 2 aromatic rings. The highest BCUT2D eigenvalue weighted by Crippen LogP contribution is 2.19. The van der Waals surface area contributed by atoms with Crippen LogP contribution in [0.15, 0.2) is 23.1 Å². The minimum atomic E-state index is 0.0746. The van der Waals surface area contributed by atoms with Gasteiger partial charge in [-0.3, -0.25) is 9.20 Å². The van der Waals surface area contributed by atoms with Gasteiger partial charge in [-0.05, 0) is 32.3 Å². The molecular formula is C13H14N2O2. The molecule has 0 spiro atoms. The van der Waals surface area contributed by atoms with E-state index in [1.54, 1.807) is 16.7 Å². The van der Waals surface area contributed by atoms with Gasteiger partial charge in [0, 0.05) is 17.8 Å². The summed E-state index contributed by atoms with van der Waals surface area (Å²) >= 11 is 0. The fourth-order valence-corrected chi connectivity index (χ4v) is 2.35. The average Bonchev–Trinajstić information content (AvgIpc) is 2.78. The third-order valence-electron chi connectivity index (χ3n) is 3.13. The Hall–Kier alpha value is -1.84. The Bertz CT molecular complexity index is 631. The normalized spacial score (nSPS) is 13.9. The van der Waals surface area contributed by atoms with Crippen LogP contribution in [-0.4, -0.2) is 16.0 Å². The highest BCUT2D eigenvalue weighted by atomic mass is 16.5. The first kappa shape index (κ1) is 10.3. The van der Waals surface area contributed by atoms with Crippen molar-refractivity contribution in [1.29, 1.82) is 0 Å². The van der Waals surface area contributed by atoms with Crippen LogP contribution in [0.25, 0.3) is 5.65 Å². The Morgan fingerprint density at radius 3 is 3.18 bits per heavy atom. The monoisotopic (exact) mass is 230 g/mol. The number of nitrogens with zero attached hydrogens (tertiary/aromatic N) is 2. The molecule has 2 aromatic heterocycles. The Labute approximate surface area is 98.9 Å². The molecule has 0 fully saturated rings. The molecule has 2 heterocycles. The van der Waals surface area contributed by atoms with E-state index < -0.39 is 0 Å². The number of hydrogen-bond donors (Lipinski definition) is 0. The molecule has 0 radical (unpaired) electrons. The van der Waals surface area contributed by atoms with E-state index in [9.17, 15) is 4.79 Å². The SMILES string of the molecule is CCOc1ccn2c(=O)c3c(nc2c1)CCC3. The van der Waals surface area contributed by atoms with E-state index >= 15 is 0 Å². The molecule has 3 rings (SSSR count). The maximum absolute atomic E-state index is 12.2. The Morgan fingerprint density at radius 1 is 1.47 bits per heavy atom. The van der Waals surface area contributed by atoms with Gasteiger partial charge >= 0.3 is 0 Å². The van der Waals surface area contributed by atoms with E-state index in [1.807, 2.05) is 13.0 Å². The van der Waals surface area contributed by atoms with Gasteiger partial charge in [-0.15, -0.1) is 0 Å². The first-order valence-electron chi connectivity index (χ1n) is 5.96. The minimum Gasteiger partial charge on any atom is -0.494 e. The first-order chi connectivity index (χ1) is 8.29.